The largest absolute Gasteiger partial charge is 0.493 e. The topological polar surface area (TPSA) is 54.0 Å². The summed E-state index contributed by atoms with van der Waals surface area (Å²) in [5.41, 5.74) is 2.01. The minimum Gasteiger partial charge on any atom is -0.493 e. The minimum absolute atomic E-state index is 0.0596. The van der Waals surface area contributed by atoms with E-state index in [9.17, 15) is 4.79 Å². The number of nitrogens with one attached hydrogen (secondary N) is 1. The number of likely N-dealkylation sites (N-methyl/N-ethyl adjacent to an activating group) is 1. The van der Waals surface area contributed by atoms with Crippen LogP contribution in [0.1, 0.15) is 36.9 Å². The van der Waals surface area contributed by atoms with E-state index in [0.717, 1.165) is 62.4 Å². The number of hydrogen-bond acceptors (Lipinski definition) is 5. The van der Waals surface area contributed by atoms with Gasteiger partial charge in [0.15, 0.2) is 11.5 Å². The first-order valence-corrected chi connectivity index (χ1v) is 11.8. The van der Waals surface area contributed by atoms with Crippen molar-refractivity contribution >= 4 is 12.0 Å². The highest BCUT2D eigenvalue weighted by Crippen LogP contribution is 2.28. The average molecular weight is 452 g/mol. The molecule has 0 radical (unpaired) electrons. The molecule has 1 N–H and O–H groups in total. The van der Waals surface area contributed by atoms with Crippen molar-refractivity contribution in [2.75, 3.05) is 53.5 Å². The first-order chi connectivity index (χ1) is 16.1. The number of unbranched alkanes of at least 4 members (excludes halogenated alkanes) is 1. The van der Waals surface area contributed by atoms with Crippen LogP contribution in [0.15, 0.2) is 54.6 Å². The molecule has 1 heterocycles. The van der Waals surface area contributed by atoms with Gasteiger partial charge in [0.1, 0.15) is 0 Å². The molecule has 1 unspecified atom stereocenters. The van der Waals surface area contributed by atoms with E-state index in [1.54, 1.807) is 13.2 Å². The maximum absolute atomic E-state index is 12.8. The third-order valence-electron chi connectivity index (χ3n) is 5.93. The lowest BCUT2D eigenvalue weighted by atomic mass is 10.1. The smallest absolute Gasteiger partial charge is 0.244 e. The molecule has 1 aliphatic heterocycles. The van der Waals surface area contributed by atoms with Crippen LogP contribution >= 0.6 is 0 Å². The third kappa shape index (κ3) is 7.91. The summed E-state index contributed by atoms with van der Waals surface area (Å²) in [5, 5.41) is 3.20. The lowest BCUT2D eigenvalue weighted by Gasteiger charge is -2.34. The molecule has 1 amide bonds. The predicted molar refractivity (Wildman–Crippen MR) is 134 cm³/mol. The van der Waals surface area contributed by atoms with Crippen molar-refractivity contribution in [1.29, 1.82) is 0 Å². The number of amides is 1. The number of nitrogens with zero attached hydrogens (tertiary/aromatic N) is 2. The van der Waals surface area contributed by atoms with Gasteiger partial charge in [0.25, 0.3) is 0 Å². The van der Waals surface area contributed by atoms with Crippen LogP contribution in [0, 0.1) is 0 Å². The van der Waals surface area contributed by atoms with Crippen LogP contribution in [-0.2, 0) is 4.79 Å². The molecule has 0 bridgehead atoms. The molecule has 1 atom stereocenters. The van der Waals surface area contributed by atoms with Crippen molar-refractivity contribution in [3.63, 3.8) is 0 Å². The molecule has 0 aromatic heterocycles. The summed E-state index contributed by atoms with van der Waals surface area (Å²) in [5.74, 6) is 1.29. The molecule has 1 fully saturated rings. The number of ether oxygens (including phenoxy) is 2. The molecule has 0 spiro atoms. The van der Waals surface area contributed by atoms with Crippen molar-refractivity contribution in [3.8, 4) is 11.5 Å². The van der Waals surface area contributed by atoms with Gasteiger partial charge in [0.2, 0.25) is 5.91 Å². The van der Waals surface area contributed by atoms with Crippen LogP contribution in [0.25, 0.3) is 6.08 Å². The lowest BCUT2D eigenvalue weighted by molar-refractivity contribution is -0.117. The van der Waals surface area contributed by atoms with E-state index in [-0.39, 0.29) is 11.9 Å². The summed E-state index contributed by atoms with van der Waals surface area (Å²) in [4.78, 5) is 17.6. The van der Waals surface area contributed by atoms with Gasteiger partial charge in [-0.3, -0.25) is 9.69 Å². The number of hydrogen-bond donors (Lipinski definition) is 1. The maximum Gasteiger partial charge on any atom is 0.244 e. The number of rotatable bonds is 11. The van der Waals surface area contributed by atoms with Crippen molar-refractivity contribution in [1.82, 2.24) is 15.1 Å². The molecule has 2 aromatic rings. The number of methoxy groups -OCH3 is 1. The van der Waals surface area contributed by atoms with Crippen LogP contribution < -0.4 is 14.8 Å². The van der Waals surface area contributed by atoms with Gasteiger partial charge >= 0.3 is 0 Å². The standard InChI is InChI=1S/C27H37N3O3/c1-4-5-19-33-25-13-11-22(20-26(25)32-3)12-14-27(31)28-24(23-9-7-6-8-10-23)21-30-17-15-29(2)16-18-30/h6-14,20,24H,4-5,15-19,21H2,1-3H3,(H,28,31)/b14-12+. The lowest BCUT2D eigenvalue weighted by Crippen LogP contribution is -2.47. The molecule has 6 heteroatoms. The first-order valence-electron chi connectivity index (χ1n) is 11.8. The summed E-state index contributed by atoms with van der Waals surface area (Å²) >= 11 is 0. The second-order valence-corrected chi connectivity index (χ2v) is 8.52. The van der Waals surface area contributed by atoms with Crippen LogP contribution in [0.4, 0.5) is 0 Å². The average Bonchev–Trinajstić information content (AvgIpc) is 2.85. The molecule has 1 aliphatic rings. The molecule has 1 saturated heterocycles. The highest BCUT2D eigenvalue weighted by molar-refractivity contribution is 5.92. The molecule has 2 aromatic carbocycles. The van der Waals surface area contributed by atoms with E-state index in [1.165, 1.54) is 0 Å². The van der Waals surface area contributed by atoms with E-state index in [4.69, 9.17) is 9.47 Å². The van der Waals surface area contributed by atoms with Crippen LogP contribution in [0.2, 0.25) is 0 Å². The highest BCUT2D eigenvalue weighted by atomic mass is 16.5. The van der Waals surface area contributed by atoms with Gasteiger partial charge in [-0.25, -0.2) is 0 Å². The molecule has 0 aliphatic carbocycles. The van der Waals surface area contributed by atoms with E-state index in [0.29, 0.717) is 12.4 Å². The summed E-state index contributed by atoms with van der Waals surface area (Å²) in [7, 11) is 3.78. The summed E-state index contributed by atoms with van der Waals surface area (Å²) in [6.45, 7) is 7.72. The number of carbonyl (C=O) groups is 1. The van der Waals surface area contributed by atoms with Crippen molar-refractivity contribution in [2.45, 2.75) is 25.8 Å². The molecule has 0 saturated carbocycles. The Bertz CT molecular complexity index is 893. The second kappa shape index (κ2) is 13.0. The Morgan fingerprint density at radius 1 is 1.09 bits per heavy atom. The fourth-order valence-corrected chi connectivity index (χ4v) is 3.83. The fraction of sp³-hybridized carbons (Fsp3) is 0.444. The van der Waals surface area contributed by atoms with Crippen molar-refractivity contribution in [2.24, 2.45) is 0 Å². The Labute approximate surface area is 198 Å². The van der Waals surface area contributed by atoms with Crippen molar-refractivity contribution in [3.05, 3.63) is 65.7 Å². The molecule has 33 heavy (non-hydrogen) atoms. The van der Waals surface area contributed by atoms with E-state index < -0.39 is 0 Å². The zero-order valence-electron chi connectivity index (χ0n) is 20.1. The summed E-state index contributed by atoms with van der Waals surface area (Å²) in [6.07, 6.45) is 5.48. The Morgan fingerprint density at radius 3 is 2.55 bits per heavy atom. The van der Waals surface area contributed by atoms with E-state index in [2.05, 4.69) is 41.2 Å². The summed E-state index contributed by atoms with van der Waals surface area (Å²) in [6, 6.07) is 15.9. The van der Waals surface area contributed by atoms with E-state index >= 15 is 0 Å². The van der Waals surface area contributed by atoms with Gasteiger partial charge in [0, 0.05) is 38.8 Å². The number of carbonyl (C=O) groups excluding carboxylic acids is 1. The Balaban J connectivity index is 1.64. The van der Waals surface area contributed by atoms with Crippen molar-refractivity contribution < 1.29 is 14.3 Å². The molecule has 6 nitrogen and oxygen atoms in total. The zero-order valence-corrected chi connectivity index (χ0v) is 20.1. The second-order valence-electron chi connectivity index (χ2n) is 8.52. The Morgan fingerprint density at radius 2 is 1.85 bits per heavy atom. The number of benzene rings is 2. The van der Waals surface area contributed by atoms with Crippen LogP contribution in [0.5, 0.6) is 11.5 Å². The SMILES string of the molecule is CCCCOc1ccc(/C=C/C(=O)NC(CN2CCN(C)CC2)c2ccccc2)cc1OC. The van der Waals surface area contributed by atoms with Gasteiger partial charge in [-0.1, -0.05) is 49.7 Å². The van der Waals surface area contributed by atoms with E-state index in [1.807, 2.05) is 42.5 Å². The summed E-state index contributed by atoms with van der Waals surface area (Å²) < 4.78 is 11.3. The highest BCUT2D eigenvalue weighted by Gasteiger charge is 2.20. The zero-order chi connectivity index (χ0) is 23.5. The first kappa shape index (κ1) is 24.8. The molecule has 178 valence electrons. The monoisotopic (exact) mass is 451 g/mol. The van der Waals surface area contributed by atoms with Crippen LogP contribution in [-0.4, -0.2) is 69.2 Å². The van der Waals surface area contributed by atoms with Gasteiger partial charge in [0.05, 0.1) is 19.8 Å². The van der Waals surface area contributed by atoms with Gasteiger partial charge in [-0.2, -0.15) is 0 Å². The Kier molecular flexibility index (Phi) is 9.78. The molecule has 3 rings (SSSR count). The predicted octanol–water partition coefficient (Wildman–Crippen LogP) is 3.99. The minimum atomic E-state index is -0.111. The van der Waals surface area contributed by atoms with Gasteiger partial charge < -0.3 is 19.7 Å². The Hall–Kier alpha value is -2.83. The third-order valence-corrected chi connectivity index (χ3v) is 5.93. The molecular weight excluding hydrogens is 414 g/mol. The van der Waals surface area contributed by atoms with Crippen LogP contribution in [0.3, 0.4) is 0 Å². The normalized spacial score (nSPS) is 16.0. The fourth-order valence-electron chi connectivity index (χ4n) is 3.83. The van der Waals surface area contributed by atoms with Gasteiger partial charge in [-0.15, -0.1) is 0 Å². The van der Waals surface area contributed by atoms with Gasteiger partial charge in [-0.05, 0) is 42.8 Å². The maximum atomic E-state index is 12.8. The quantitative estimate of drug-likeness (QED) is 0.414. The molecular formula is C27H37N3O3. The number of piperazine rings is 1.